The molecule has 2 aromatic carbocycles. The van der Waals surface area contributed by atoms with Crippen molar-refractivity contribution in [3.05, 3.63) is 66.4 Å². The van der Waals surface area contributed by atoms with Crippen molar-refractivity contribution in [3.8, 4) is 5.69 Å². The Kier molecular flexibility index (Phi) is 4.16. The highest BCUT2D eigenvalue weighted by Crippen LogP contribution is 2.25. The average molecular weight is 304 g/mol. The van der Waals surface area contributed by atoms with Gasteiger partial charge in [0.25, 0.3) is 0 Å². The first-order valence-corrected chi connectivity index (χ1v) is 8.78. The maximum Gasteiger partial charge on any atom is 0.0531 e. The summed E-state index contributed by atoms with van der Waals surface area (Å²) in [7, 11) is 0. The minimum atomic E-state index is 1.14. The molecule has 0 unspecified atom stereocenters. The first-order valence-electron chi connectivity index (χ1n) is 8.78. The van der Waals surface area contributed by atoms with Gasteiger partial charge in [0.05, 0.1) is 5.52 Å². The summed E-state index contributed by atoms with van der Waals surface area (Å²) < 4.78 is 2.33. The fourth-order valence-corrected chi connectivity index (χ4v) is 3.71. The van der Waals surface area contributed by atoms with E-state index in [4.69, 9.17) is 0 Å². The van der Waals surface area contributed by atoms with E-state index in [1.807, 2.05) is 0 Å². The van der Waals surface area contributed by atoms with Gasteiger partial charge in [-0.15, -0.1) is 0 Å². The van der Waals surface area contributed by atoms with Gasteiger partial charge < -0.3 is 9.47 Å². The van der Waals surface area contributed by atoms with E-state index in [1.165, 1.54) is 61.1 Å². The largest absolute Gasteiger partial charge is 0.316 e. The van der Waals surface area contributed by atoms with Crippen LogP contribution in [0, 0.1) is 0 Å². The van der Waals surface area contributed by atoms with Crippen molar-refractivity contribution in [2.45, 2.75) is 25.7 Å². The predicted molar refractivity (Wildman–Crippen MR) is 97.3 cm³/mol. The molecule has 2 nitrogen and oxygen atoms in total. The lowest BCUT2D eigenvalue weighted by molar-refractivity contribution is 0.231. The molecule has 1 fully saturated rings. The monoisotopic (exact) mass is 304 g/mol. The van der Waals surface area contributed by atoms with Crippen molar-refractivity contribution >= 4 is 10.9 Å². The number of para-hydroxylation sites is 2. The van der Waals surface area contributed by atoms with E-state index in [0.717, 1.165) is 6.42 Å². The number of nitrogens with zero attached hydrogens (tertiary/aromatic N) is 2. The Morgan fingerprint density at radius 3 is 2.35 bits per heavy atom. The summed E-state index contributed by atoms with van der Waals surface area (Å²) in [6.07, 6.45) is 7.62. The molecule has 0 radical (unpaired) electrons. The minimum Gasteiger partial charge on any atom is -0.316 e. The Hall–Kier alpha value is -2.06. The normalized spacial score (nSPS) is 16.0. The molecule has 3 aromatic rings. The number of fused-ring (bicyclic) bond motifs is 1. The van der Waals surface area contributed by atoms with Crippen molar-refractivity contribution in [1.29, 1.82) is 0 Å². The first-order chi connectivity index (χ1) is 11.4. The fourth-order valence-electron chi connectivity index (χ4n) is 3.71. The topological polar surface area (TPSA) is 8.17 Å². The van der Waals surface area contributed by atoms with Crippen LogP contribution >= 0.6 is 0 Å². The smallest absolute Gasteiger partial charge is 0.0531 e. The van der Waals surface area contributed by atoms with Gasteiger partial charge in [-0.2, -0.15) is 0 Å². The molecule has 0 aliphatic carbocycles. The number of rotatable bonds is 4. The number of hydrogen-bond acceptors (Lipinski definition) is 1. The quantitative estimate of drug-likeness (QED) is 0.680. The van der Waals surface area contributed by atoms with Crippen LogP contribution in [0.25, 0.3) is 16.6 Å². The molecule has 0 amide bonds. The minimum absolute atomic E-state index is 1.14. The molecule has 23 heavy (non-hydrogen) atoms. The van der Waals surface area contributed by atoms with Crippen LogP contribution in [-0.4, -0.2) is 29.1 Å². The van der Waals surface area contributed by atoms with Gasteiger partial charge in [-0.3, -0.25) is 0 Å². The summed E-state index contributed by atoms with van der Waals surface area (Å²) in [5, 5.41) is 1.40. The number of likely N-dealkylation sites (tertiary alicyclic amines) is 1. The maximum absolute atomic E-state index is 2.62. The van der Waals surface area contributed by atoms with Gasteiger partial charge in [0.1, 0.15) is 0 Å². The summed E-state index contributed by atoms with van der Waals surface area (Å²) in [5.74, 6) is 0. The molecular formula is C21H24N2. The molecule has 1 aliphatic heterocycles. The summed E-state index contributed by atoms with van der Waals surface area (Å²) in [6, 6.07) is 19.4. The van der Waals surface area contributed by atoms with Crippen LogP contribution in [0.3, 0.4) is 0 Å². The van der Waals surface area contributed by atoms with Crippen LogP contribution in [0.2, 0.25) is 0 Å². The van der Waals surface area contributed by atoms with Gasteiger partial charge >= 0.3 is 0 Å². The molecule has 0 bridgehead atoms. The van der Waals surface area contributed by atoms with E-state index in [0.29, 0.717) is 0 Å². The number of hydrogen-bond donors (Lipinski definition) is 0. The third-order valence-corrected chi connectivity index (χ3v) is 4.97. The van der Waals surface area contributed by atoms with Crippen LogP contribution in [-0.2, 0) is 6.42 Å². The van der Waals surface area contributed by atoms with Crippen molar-refractivity contribution in [3.63, 3.8) is 0 Å². The van der Waals surface area contributed by atoms with E-state index in [2.05, 4.69) is 70.3 Å². The van der Waals surface area contributed by atoms with Gasteiger partial charge in [0.2, 0.25) is 0 Å². The number of piperidine rings is 1. The van der Waals surface area contributed by atoms with Gasteiger partial charge in [-0.25, -0.2) is 0 Å². The van der Waals surface area contributed by atoms with Crippen LogP contribution < -0.4 is 0 Å². The molecular weight excluding hydrogens is 280 g/mol. The Morgan fingerprint density at radius 1 is 0.783 bits per heavy atom. The lowest BCUT2D eigenvalue weighted by atomic mass is 10.1. The van der Waals surface area contributed by atoms with Crippen LogP contribution in [0.4, 0.5) is 0 Å². The Morgan fingerprint density at radius 2 is 1.52 bits per heavy atom. The third-order valence-electron chi connectivity index (χ3n) is 4.97. The summed E-state index contributed by atoms with van der Waals surface area (Å²) in [5.41, 5.74) is 4.02. The van der Waals surface area contributed by atoms with Crippen molar-refractivity contribution < 1.29 is 0 Å². The molecule has 0 spiro atoms. The van der Waals surface area contributed by atoms with E-state index >= 15 is 0 Å². The lowest BCUT2D eigenvalue weighted by Gasteiger charge is -2.26. The molecule has 1 aliphatic rings. The molecule has 0 atom stereocenters. The van der Waals surface area contributed by atoms with E-state index in [1.54, 1.807) is 0 Å². The fraction of sp³-hybridized carbons (Fsp3) is 0.333. The highest BCUT2D eigenvalue weighted by molar-refractivity contribution is 5.85. The highest BCUT2D eigenvalue weighted by atomic mass is 15.1. The molecule has 2 heterocycles. The van der Waals surface area contributed by atoms with Crippen LogP contribution in [0.1, 0.15) is 24.8 Å². The van der Waals surface area contributed by atoms with Gasteiger partial charge in [-0.05, 0) is 56.1 Å². The van der Waals surface area contributed by atoms with E-state index in [-0.39, 0.29) is 0 Å². The zero-order valence-corrected chi connectivity index (χ0v) is 13.6. The van der Waals surface area contributed by atoms with E-state index < -0.39 is 0 Å². The van der Waals surface area contributed by atoms with Gasteiger partial charge in [-0.1, -0.05) is 42.8 Å². The van der Waals surface area contributed by atoms with Gasteiger partial charge in [0.15, 0.2) is 0 Å². The Labute approximate surface area is 138 Å². The molecule has 0 saturated carbocycles. The first kappa shape index (κ1) is 14.5. The second-order valence-electron chi connectivity index (χ2n) is 6.53. The average Bonchev–Trinajstić information content (AvgIpc) is 3.01. The second-order valence-corrected chi connectivity index (χ2v) is 6.53. The molecule has 4 rings (SSSR count). The highest BCUT2D eigenvalue weighted by Gasteiger charge is 2.13. The van der Waals surface area contributed by atoms with Crippen LogP contribution in [0.5, 0.6) is 0 Å². The third kappa shape index (κ3) is 3.04. The molecule has 118 valence electrons. The van der Waals surface area contributed by atoms with Crippen molar-refractivity contribution in [2.75, 3.05) is 19.6 Å². The molecule has 0 N–H and O–H groups in total. The summed E-state index contributed by atoms with van der Waals surface area (Å²) >= 11 is 0. The zero-order chi connectivity index (χ0) is 15.5. The zero-order valence-electron chi connectivity index (χ0n) is 13.6. The number of benzene rings is 2. The second kappa shape index (κ2) is 6.59. The lowest BCUT2D eigenvalue weighted by Crippen LogP contribution is -2.31. The molecule has 1 saturated heterocycles. The predicted octanol–water partition coefficient (Wildman–Crippen LogP) is 4.66. The Balaban J connectivity index is 1.64. The standard InChI is InChI=1S/C21H24N2/c1-3-9-19(10-4-1)23-17-18(20-11-5-6-12-21(20)23)13-16-22-14-7-2-8-15-22/h1,3-6,9-12,17H,2,7-8,13-16H2. The van der Waals surface area contributed by atoms with Gasteiger partial charge in [0, 0.05) is 23.8 Å². The van der Waals surface area contributed by atoms with Crippen molar-refractivity contribution in [2.24, 2.45) is 0 Å². The summed E-state index contributed by atoms with van der Waals surface area (Å²) in [6.45, 7) is 3.73. The molecule has 2 heteroatoms. The van der Waals surface area contributed by atoms with Crippen molar-refractivity contribution in [1.82, 2.24) is 9.47 Å². The maximum atomic E-state index is 2.62. The van der Waals surface area contributed by atoms with E-state index in [9.17, 15) is 0 Å². The Bertz CT molecular complexity index is 767. The SMILES string of the molecule is c1ccc(-n2cc(CCN3CCCCC3)c3ccccc32)cc1. The number of aromatic nitrogens is 1. The summed E-state index contributed by atoms with van der Waals surface area (Å²) in [4.78, 5) is 2.62. The molecule has 1 aromatic heterocycles. The van der Waals surface area contributed by atoms with Crippen LogP contribution in [0.15, 0.2) is 60.8 Å².